The number of carbonyl (C=O) groups excluding carboxylic acids is 3. The van der Waals surface area contributed by atoms with Gasteiger partial charge in [-0.15, -0.1) is 0 Å². The molecule has 0 radical (unpaired) electrons. The number of benzene rings is 2. The summed E-state index contributed by atoms with van der Waals surface area (Å²) in [6.07, 6.45) is 4.09. The molecule has 2 N–H and O–H groups in total. The second-order valence-corrected chi connectivity index (χ2v) is 7.65. The van der Waals surface area contributed by atoms with Gasteiger partial charge in [0, 0.05) is 5.69 Å². The number of rotatable bonds is 4. The second-order valence-electron chi connectivity index (χ2n) is 7.65. The maximum absolute atomic E-state index is 13.2. The first kappa shape index (κ1) is 19.1. The Balaban J connectivity index is 1.50. The number of fused-ring (bicyclic) bond motifs is 1. The molecule has 6 nitrogen and oxygen atoms in total. The summed E-state index contributed by atoms with van der Waals surface area (Å²) in [5.74, 6) is -1.41. The van der Waals surface area contributed by atoms with Crippen LogP contribution in [0.15, 0.2) is 42.5 Å². The predicted octanol–water partition coefficient (Wildman–Crippen LogP) is 3.11. The minimum Gasteiger partial charge on any atom is -0.324 e. The third kappa shape index (κ3) is 3.48. The van der Waals surface area contributed by atoms with Crippen LogP contribution in [-0.4, -0.2) is 29.3 Å². The molecular weight excluding hydrogens is 373 g/mol. The fourth-order valence-corrected chi connectivity index (χ4v) is 4.05. The highest BCUT2D eigenvalue weighted by Crippen LogP contribution is 2.30. The molecule has 1 aliphatic heterocycles. The van der Waals surface area contributed by atoms with Gasteiger partial charge in [0.25, 0.3) is 5.91 Å². The van der Waals surface area contributed by atoms with Crippen molar-refractivity contribution in [3.8, 4) is 0 Å². The summed E-state index contributed by atoms with van der Waals surface area (Å²) in [4.78, 5) is 38.8. The molecular formula is C22H22FN3O3. The molecule has 1 heterocycles. The van der Waals surface area contributed by atoms with Crippen LogP contribution in [0, 0.1) is 5.82 Å². The zero-order chi connectivity index (χ0) is 20.6. The molecule has 2 aliphatic rings. The summed E-state index contributed by atoms with van der Waals surface area (Å²) in [6.45, 7) is 1.16. The number of halogens is 1. The van der Waals surface area contributed by atoms with E-state index < -0.39 is 29.2 Å². The monoisotopic (exact) mass is 395 g/mol. The van der Waals surface area contributed by atoms with Gasteiger partial charge in [-0.3, -0.25) is 14.5 Å². The largest absolute Gasteiger partial charge is 0.325 e. The Bertz CT molecular complexity index is 989. The van der Waals surface area contributed by atoms with Crippen LogP contribution in [0.25, 0.3) is 0 Å². The Kier molecular flexibility index (Phi) is 4.82. The minimum absolute atomic E-state index is 0.384. The van der Waals surface area contributed by atoms with Gasteiger partial charge in [-0.05, 0) is 67.5 Å². The maximum atomic E-state index is 13.2. The third-order valence-electron chi connectivity index (χ3n) is 5.67. The first-order valence-electron chi connectivity index (χ1n) is 9.69. The van der Waals surface area contributed by atoms with Crippen molar-refractivity contribution < 1.29 is 18.8 Å². The lowest BCUT2D eigenvalue weighted by Gasteiger charge is -2.22. The Morgan fingerprint density at radius 2 is 1.86 bits per heavy atom. The van der Waals surface area contributed by atoms with Crippen LogP contribution in [0.3, 0.4) is 0 Å². The standard InChI is InChI=1S/C22H22FN3O3/c1-22(15-9-11-16(23)12-10-15)20(28)26(21(29)25-22)13-19(27)24-18-8-4-6-14-5-2-3-7-17(14)18/h4,6,8-12H,2-3,5,7,13H2,1H3,(H,24,27)(H,25,29)/t22-/m0/s1. The smallest absolute Gasteiger partial charge is 0.324 e. The summed E-state index contributed by atoms with van der Waals surface area (Å²) in [7, 11) is 0. The molecule has 0 saturated carbocycles. The van der Waals surface area contributed by atoms with E-state index in [2.05, 4.69) is 16.7 Å². The fourth-order valence-electron chi connectivity index (χ4n) is 4.05. The molecule has 2 aromatic rings. The van der Waals surface area contributed by atoms with E-state index in [1.165, 1.54) is 29.8 Å². The van der Waals surface area contributed by atoms with Gasteiger partial charge in [0.15, 0.2) is 0 Å². The van der Waals surface area contributed by atoms with Gasteiger partial charge in [0.05, 0.1) is 0 Å². The lowest BCUT2D eigenvalue weighted by atomic mass is 9.90. The van der Waals surface area contributed by atoms with Crippen molar-refractivity contribution in [3.63, 3.8) is 0 Å². The molecule has 0 aromatic heterocycles. The lowest BCUT2D eigenvalue weighted by Crippen LogP contribution is -2.42. The van der Waals surface area contributed by atoms with E-state index in [0.717, 1.165) is 41.8 Å². The van der Waals surface area contributed by atoms with E-state index >= 15 is 0 Å². The average molecular weight is 395 g/mol. The Morgan fingerprint density at radius 1 is 1.14 bits per heavy atom. The second kappa shape index (κ2) is 7.31. The van der Waals surface area contributed by atoms with Gasteiger partial charge in [-0.1, -0.05) is 24.3 Å². The Hall–Kier alpha value is -3.22. The lowest BCUT2D eigenvalue weighted by molar-refractivity contribution is -0.133. The van der Waals surface area contributed by atoms with Crippen molar-refractivity contribution in [2.75, 3.05) is 11.9 Å². The number of urea groups is 1. The molecule has 150 valence electrons. The summed E-state index contributed by atoms with van der Waals surface area (Å²) in [5, 5.41) is 5.47. The normalized spacial score (nSPS) is 21.0. The quantitative estimate of drug-likeness (QED) is 0.781. The number of anilines is 1. The fraction of sp³-hybridized carbons (Fsp3) is 0.318. The van der Waals surface area contributed by atoms with Crippen molar-refractivity contribution >= 4 is 23.5 Å². The highest BCUT2D eigenvalue weighted by atomic mass is 19.1. The van der Waals surface area contributed by atoms with E-state index in [0.29, 0.717) is 5.56 Å². The van der Waals surface area contributed by atoms with Gasteiger partial charge >= 0.3 is 6.03 Å². The molecule has 4 rings (SSSR count). The van der Waals surface area contributed by atoms with Crippen molar-refractivity contribution in [2.45, 2.75) is 38.1 Å². The Morgan fingerprint density at radius 3 is 2.62 bits per heavy atom. The SMILES string of the molecule is C[C@@]1(c2ccc(F)cc2)NC(=O)N(CC(=O)Nc2cccc3c2CCCC3)C1=O. The van der Waals surface area contributed by atoms with Crippen LogP contribution in [0.5, 0.6) is 0 Å². The molecule has 1 aliphatic carbocycles. The topological polar surface area (TPSA) is 78.5 Å². The van der Waals surface area contributed by atoms with Crippen LogP contribution in [-0.2, 0) is 28.0 Å². The van der Waals surface area contributed by atoms with E-state index in [9.17, 15) is 18.8 Å². The number of hydrogen-bond acceptors (Lipinski definition) is 3. The molecule has 7 heteroatoms. The average Bonchev–Trinajstić information content (AvgIpc) is 2.92. The van der Waals surface area contributed by atoms with Crippen molar-refractivity contribution in [1.29, 1.82) is 0 Å². The zero-order valence-corrected chi connectivity index (χ0v) is 16.1. The van der Waals surface area contributed by atoms with Gasteiger partial charge in [-0.25, -0.2) is 9.18 Å². The van der Waals surface area contributed by atoms with Crippen molar-refractivity contribution in [3.05, 3.63) is 65.0 Å². The summed E-state index contributed by atoms with van der Waals surface area (Å²) >= 11 is 0. The molecule has 1 saturated heterocycles. The first-order chi connectivity index (χ1) is 13.9. The first-order valence-corrected chi connectivity index (χ1v) is 9.69. The van der Waals surface area contributed by atoms with Gasteiger partial charge in [-0.2, -0.15) is 0 Å². The molecule has 0 spiro atoms. The van der Waals surface area contributed by atoms with Crippen molar-refractivity contribution in [2.24, 2.45) is 0 Å². The minimum atomic E-state index is -1.34. The van der Waals surface area contributed by atoms with Crippen LogP contribution >= 0.6 is 0 Å². The third-order valence-corrected chi connectivity index (χ3v) is 5.67. The predicted molar refractivity (Wildman–Crippen MR) is 106 cm³/mol. The van der Waals surface area contributed by atoms with Gasteiger partial charge in [0.1, 0.15) is 17.9 Å². The Labute approximate surface area is 168 Å². The molecule has 0 unspecified atom stereocenters. The zero-order valence-electron chi connectivity index (χ0n) is 16.1. The van der Waals surface area contributed by atoms with Crippen molar-refractivity contribution in [1.82, 2.24) is 10.2 Å². The number of nitrogens with one attached hydrogen (secondary N) is 2. The van der Waals surface area contributed by atoms with Crippen LogP contribution in [0.4, 0.5) is 14.9 Å². The van der Waals surface area contributed by atoms with Gasteiger partial charge < -0.3 is 10.6 Å². The number of nitrogens with zero attached hydrogens (tertiary/aromatic N) is 1. The molecule has 2 aromatic carbocycles. The van der Waals surface area contributed by atoms with Crippen LogP contribution in [0.1, 0.15) is 36.5 Å². The number of imide groups is 1. The van der Waals surface area contributed by atoms with E-state index in [1.807, 2.05) is 12.1 Å². The van der Waals surface area contributed by atoms with E-state index in [4.69, 9.17) is 0 Å². The summed E-state index contributed by atoms with van der Waals surface area (Å²) < 4.78 is 13.2. The highest BCUT2D eigenvalue weighted by Gasteiger charge is 2.49. The summed E-state index contributed by atoms with van der Waals surface area (Å²) in [5.41, 5.74) is 2.21. The number of hydrogen-bond donors (Lipinski definition) is 2. The van der Waals surface area contributed by atoms with Crippen LogP contribution in [0.2, 0.25) is 0 Å². The molecule has 1 fully saturated rings. The molecule has 0 bridgehead atoms. The molecule has 1 atom stereocenters. The van der Waals surface area contributed by atoms with E-state index in [-0.39, 0.29) is 6.54 Å². The number of amides is 4. The van der Waals surface area contributed by atoms with Gasteiger partial charge in [0.2, 0.25) is 5.91 Å². The van der Waals surface area contributed by atoms with Crippen LogP contribution < -0.4 is 10.6 Å². The molecule has 4 amide bonds. The molecule has 29 heavy (non-hydrogen) atoms. The number of carbonyl (C=O) groups is 3. The van der Waals surface area contributed by atoms with E-state index in [1.54, 1.807) is 6.92 Å². The highest BCUT2D eigenvalue weighted by molar-refractivity contribution is 6.10. The number of aryl methyl sites for hydroxylation is 1. The summed E-state index contributed by atoms with van der Waals surface area (Å²) in [6, 6.07) is 10.5. The maximum Gasteiger partial charge on any atom is 0.325 e.